The number of aliphatic hydroxyl groups excluding tert-OH is 1. The van der Waals surface area contributed by atoms with Crippen molar-refractivity contribution in [1.29, 1.82) is 0 Å². The van der Waals surface area contributed by atoms with Crippen molar-refractivity contribution in [2.24, 2.45) is 0 Å². The number of benzene rings is 1. The van der Waals surface area contributed by atoms with Crippen molar-refractivity contribution in [3.05, 3.63) is 41.5 Å². The van der Waals surface area contributed by atoms with Gasteiger partial charge in [0.15, 0.2) is 0 Å². The van der Waals surface area contributed by atoms with Crippen LogP contribution in [0, 0.1) is 6.92 Å². The van der Waals surface area contributed by atoms with E-state index in [9.17, 15) is 5.11 Å². The Kier molecular flexibility index (Phi) is 5.84. The summed E-state index contributed by atoms with van der Waals surface area (Å²) in [5, 5.41) is 10.3. The van der Waals surface area contributed by atoms with Crippen LogP contribution in [-0.2, 0) is 4.74 Å². The zero-order valence-electron chi connectivity index (χ0n) is 14.1. The van der Waals surface area contributed by atoms with Crippen molar-refractivity contribution in [3.63, 3.8) is 0 Å². The molecule has 1 atom stereocenters. The fourth-order valence-electron chi connectivity index (χ4n) is 3.42. The molecule has 1 fully saturated rings. The van der Waals surface area contributed by atoms with Crippen molar-refractivity contribution < 1.29 is 9.84 Å². The molecule has 0 aliphatic carbocycles. The molecule has 4 nitrogen and oxygen atoms in total. The van der Waals surface area contributed by atoms with Crippen LogP contribution in [-0.4, -0.2) is 73.5 Å². The Bertz CT molecular complexity index is 538. The van der Waals surface area contributed by atoms with Crippen LogP contribution in [0.1, 0.15) is 17.5 Å². The van der Waals surface area contributed by atoms with Crippen LogP contribution in [0.2, 0.25) is 0 Å². The first-order valence-electron chi connectivity index (χ1n) is 8.67. The summed E-state index contributed by atoms with van der Waals surface area (Å²) in [4.78, 5) is 4.65. The lowest BCUT2D eigenvalue weighted by Gasteiger charge is -2.32. The largest absolute Gasteiger partial charge is 0.390 e. The number of nitrogens with zero attached hydrogens (tertiary/aromatic N) is 2. The molecule has 0 amide bonds. The number of β-amino-alcohol motifs (C(OH)–C–C–N with tert-alkyl or cyclic N) is 1. The van der Waals surface area contributed by atoms with Gasteiger partial charge >= 0.3 is 0 Å². The zero-order valence-corrected chi connectivity index (χ0v) is 14.1. The third kappa shape index (κ3) is 4.88. The minimum Gasteiger partial charge on any atom is -0.390 e. The molecule has 126 valence electrons. The van der Waals surface area contributed by atoms with Gasteiger partial charge in [-0.2, -0.15) is 0 Å². The van der Waals surface area contributed by atoms with Gasteiger partial charge in [-0.1, -0.05) is 35.9 Å². The highest BCUT2D eigenvalue weighted by molar-refractivity contribution is 5.67. The Morgan fingerprint density at radius 1 is 1.13 bits per heavy atom. The smallest absolute Gasteiger partial charge is 0.0793 e. The highest BCUT2D eigenvalue weighted by Crippen LogP contribution is 2.23. The SMILES string of the molecule is Cc1cccc(C2=CCN(CC(O)CN3CCOCC3)CC2)c1. The molecule has 2 heterocycles. The van der Waals surface area contributed by atoms with Crippen LogP contribution in [0.4, 0.5) is 0 Å². The molecular formula is C19H28N2O2. The lowest BCUT2D eigenvalue weighted by molar-refractivity contribution is 0.00768. The highest BCUT2D eigenvalue weighted by atomic mass is 16.5. The zero-order chi connectivity index (χ0) is 16.1. The molecule has 4 heteroatoms. The second kappa shape index (κ2) is 8.06. The molecule has 2 aliphatic heterocycles. The van der Waals surface area contributed by atoms with Gasteiger partial charge < -0.3 is 9.84 Å². The minimum absolute atomic E-state index is 0.276. The molecular weight excluding hydrogens is 288 g/mol. The normalized spacial score (nSPS) is 21.9. The van der Waals surface area contributed by atoms with Crippen molar-refractivity contribution in [2.45, 2.75) is 19.4 Å². The van der Waals surface area contributed by atoms with Crippen LogP contribution in [0.15, 0.2) is 30.3 Å². The Morgan fingerprint density at radius 2 is 1.91 bits per heavy atom. The molecule has 0 aromatic heterocycles. The van der Waals surface area contributed by atoms with E-state index in [1.54, 1.807) is 0 Å². The van der Waals surface area contributed by atoms with Gasteiger partial charge in [0, 0.05) is 39.3 Å². The number of aliphatic hydroxyl groups is 1. The minimum atomic E-state index is -0.276. The highest BCUT2D eigenvalue weighted by Gasteiger charge is 2.19. The van der Waals surface area contributed by atoms with Crippen LogP contribution >= 0.6 is 0 Å². The molecule has 0 saturated carbocycles. The topological polar surface area (TPSA) is 35.9 Å². The van der Waals surface area contributed by atoms with Gasteiger partial charge in [-0.25, -0.2) is 0 Å². The molecule has 23 heavy (non-hydrogen) atoms. The quantitative estimate of drug-likeness (QED) is 0.898. The fourth-order valence-corrected chi connectivity index (χ4v) is 3.42. The molecule has 1 saturated heterocycles. The van der Waals surface area contributed by atoms with Crippen molar-refractivity contribution in [3.8, 4) is 0 Å². The number of ether oxygens (including phenoxy) is 1. The first-order chi connectivity index (χ1) is 11.2. The fraction of sp³-hybridized carbons (Fsp3) is 0.579. The van der Waals surface area contributed by atoms with Crippen LogP contribution in [0.5, 0.6) is 0 Å². The average Bonchev–Trinajstić information content (AvgIpc) is 2.56. The van der Waals surface area contributed by atoms with E-state index in [-0.39, 0.29) is 6.10 Å². The second-order valence-corrected chi connectivity index (χ2v) is 6.68. The third-order valence-corrected chi connectivity index (χ3v) is 4.72. The molecule has 0 radical (unpaired) electrons. The van der Waals surface area contributed by atoms with Gasteiger partial charge in [0.2, 0.25) is 0 Å². The van der Waals surface area contributed by atoms with Gasteiger partial charge in [-0.3, -0.25) is 9.80 Å². The number of aryl methyl sites for hydroxylation is 1. The van der Waals surface area contributed by atoms with Crippen molar-refractivity contribution in [1.82, 2.24) is 9.80 Å². The Morgan fingerprint density at radius 3 is 2.61 bits per heavy atom. The molecule has 3 rings (SSSR count). The molecule has 1 unspecified atom stereocenters. The number of rotatable bonds is 5. The van der Waals surface area contributed by atoms with Gasteiger partial charge in [0.25, 0.3) is 0 Å². The van der Waals surface area contributed by atoms with E-state index in [0.717, 1.165) is 58.9 Å². The molecule has 0 bridgehead atoms. The van der Waals surface area contributed by atoms with E-state index in [4.69, 9.17) is 4.74 Å². The van der Waals surface area contributed by atoms with E-state index in [1.165, 1.54) is 16.7 Å². The summed E-state index contributed by atoms with van der Waals surface area (Å²) in [7, 11) is 0. The number of hydrogen-bond acceptors (Lipinski definition) is 4. The summed E-state index contributed by atoms with van der Waals surface area (Å²) in [6.45, 7) is 9.08. The van der Waals surface area contributed by atoms with E-state index >= 15 is 0 Å². The summed E-state index contributed by atoms with van der Waals surface area (Å²) in [5.41, 5.74) is 4.10. The monoisotopic (exact) mass is 316 g/mol. The maximum Gasteiger partial charge on any atom is 0.0793 e. The number of hydrogen-bond donors (Lipinski definition) is 1. The lowest BCUT2D eigenvalue weighted by atomic mass is 9.98. The average molecular weight is 316 g/mol. The standard InChI is InChI=1S/C19H28N2O2/c1-16-3-2-4-18(13-16)17-5-7-20(8-6-17)14-19(22)15-21-9-11-23-12-10-21/h2-5,13,19,22H,6-12,14-15H2,1H3. The maximum absolute atomic E-state index is 10.3. The summed E-state index contributed by atoms with van der Waals surface area (Å²) < 4.78 is 5.35. The van der Waals surface area contributed by atoms with Crippen LogP contribution < -0.4 is 0 Å². The summed E-state index contributed by atoms with van der Waals surface area (Å²) in [6.07, 6.45) is 3.11. The second-order valence-electron chi connectivity index (χ2n) is 6.68. The summed E-state index contributed by atoms with van der Waals surface area (Å²) >= 11 is 0. The third-order valence-electron chi connectivity index (χ3n) is 4.72. The van der Waals surface area contributed by atoms with Crippen LogP contribution in [0.25, 0.3) is 5.57 Å². The van der Waals surface area contributed by atoms with E-state index in [0.29, 0.717) is 0 Å². The number of morpholine rings is 1. The lowest BCUT2D eigenvalue weighted by Crippen LogP contribution is -2.45. The molecule has 1 N–H and O–H groups in total. The maximum atomic E-state index is 10.3. The molecule has 2 aliphatic rings. The van der Waals surface area contributed by atoms with E-state index < -0.39 is 0 Å². The predicted molar refractivity (Wildman–Crippen MR) is 93.5 cm³/mol. The van der Waals surface area contributed by atoms with Gasteiger partial charge in [-0.15, -0.1) is 0 Å². The molecule has 0 spiro atoms. The van der Waals surface area contributed by atoms with E-state index in [1.807, 2.05) is 0 Å². The van der Waals surface area contributed by atoms with Crippen molar-refractivity contribution in [2.75, 3.05) is 52.5 Å². The molecule has 1 aromatic rings. The van der Waals surface area contributed by atoms with Gasteiger partial charge in [0.05, 0.1) is 19.3 Å². The predicted octanol–water partition coefficient (Wildman–Crippen LogP) is 1.78. The van der Waals surface area contributed by atoms with E-state index in [2.05, 4.69) is 47.1 Å². The Labute approximate surface area is 139 Å². The first-order valence-corrected chi connectivity index (χ1v) is 8.67. The van der Waals surface area contributed by atoms with Crippen LogP contribution in [0.3, 0.4) is 0 Å². The van der Waals surface area contributed by atoms with Crippen molar-refractivity contribution >= 4 is 5.57 Å². The molecule has 1 aromatic carbocycles. The van der Waals surface area contributed by atoms with Gasteiger partial charge in [0.1, 0.15) is 0 Å². The summed E-state index contributed by atoms with van der Waals surface area (Å²) in [5.74, 6) is 0. The summed E-state index contributed by atoms with van der Waals surface area (Å²) in [6, 6.07) is 8.72. The van der Waals surface area contributed by atoms with Gasteiger partial charge in [-0.05, 0) is 24.5 Å². The Balaban J connectivity index is 1.48. The Hall–Kier alpha value is -1.20. The first kappa shape index (κ1) is 16.7.